The van der Waals surface area contributed by atoms with Crippen molar-refractivity contribution in [3.8, 4) is 5.75 Å². The van der Waals surface area contributed by atoms with E-state index in [0.29, 0.717) is 22.6 Å². The molecule has 0 radical (unpaired) electrons. The second kappa shape index (κ2) is 6.32. The van der Waals surface area contributed by atoms with Crippen LogP contribution in [-0.2, 0) is 14.8 Å². The molecule has 0 bridgehead atoms. The Labute approximate surface area is 153 Å². The second-order valence-corrected chi connectivity index (χ2v) is 8.40. The number of hydrogen-bond donors (Lipinski definition) is 1. The van der Waals surface area contributed by atoms with Crippen molar-refractivity contribution in [3.63, 3.8) is 0 Å². The summed E-state index contributed by atoms with van der Waals surface area (Å²) in [5.74, 6) is -0.376. The van der Waals surface area contributed by atoms with Crippen molar-refractivity contribution < 1.29 is 17.9 Å². The fourth-order valence-corrected chi connectivity index (χ4v) is 5.31. The largest absolute Gasteiger partial charge is 0.476 e. The maximum Gasteiger partial charge on any atom is 0.265 e. The molecule has 0 saturated heterocycles. The van der Waals surface area contributed by atoms with E-state index >= 15 is 0 Å². The number of benzene rings is 2. The zero-order chi connectivity index (χ0) is 19.2. The Morgan fingerprint density at radius 2 is 1.69 bits per heavy atom. The molecule has 138 valence electrons. The van der Waals surface area contributed by atoms with Gasteiger partial charge in [0.1, 0.15) is 5.75 Å². The summed E-state index contributed by atoms with van der Waals surface area (Å²) in [5.41, 5.74) is 9.00. The maximum absolute atomic E-state index is 13.6. The molecule has 0 spiro atoms. The maximum atomic E-state index is 13.6. The Morgan fingerprint density at radius 3 is 2.27 bits per heavy atom. The topological polar surface area (TPSA) is 89.7 Å². The highest BCUT2D eigenvalue weighted by molar-refractivity contribution is 7.93. The van der Waals surface area contributed by atoms with Gasteiger partial charge in [0.2, 0.25) is 0 Å². The molecule has 2 aromatic rings. The van der Waals surface area contributed by atoms with E-state index in [1.165, 1.54) is 4.31 Å². The van der Waals surface area contributed by atoms with E-state index in [9.17, 15) is 13.2 Å². The molecule has 0 unspecified atom stereocenters. The number of carbonyl (C=O) groups is 1. The van der Waals surface area contributed by atoms with Crippen LogP contribution >= 0.6 is 0 Å². The van der Waals surface area contributed by atoms with Crippen LogP contribution in [0.2, 0.25) is 0 Å². The van der Waals surface area contributed by atoms with E-state index in [0.717, 1.165) is 11.1 Å². The lowest BCUT2D eigenvalue weighted by Gasteiger charge is -2.35. The van der Waals surface area contributed by atoms with Gasteiger partial charge in [-0.25, -0.2) is 8.42 Å². The summed E-state index contributed by atoms with van der Waals surface area (Å²) in [6, 6.07) is 8.73. The average Bonchev–Trinajstić information content (AvgIpc) is 2.59. The van der Waals surface area contributed by atoms with Gasteiger partial charge in [0.15, 0.2) is 6.10 Å². The van der Waals surface area contributed by atoms with Gasteiger partial charge in [0.05, 0.1) is 17.1 Å². The molecule has 0 saturated carbocycles. The van der Waals surface area contributed by atoms with Crippen LogP contribution in [0.4, 0.5) is 5.69 Å². The van der Waals surface area contributed by atoms with Crippen LogP contribution in [0.1, 0.15) is 22.3 Å². The minimum Gasteiger partial charge on any atom is -0.476 e. The number of sulfonamides is 1. The van der Waals surface area contributed by atoms with Gasteiger partial charge in [-0.2, -0.15) is 0 Å². The summed E-state index contributed by atoms with van der Waals surface area (Å²) in [6.07, 6.45) is -1.04. The second-order valence-electron chi connectivity index (χ2n) is 6.60. The van der Waals surface area contributed by atoms with E-state index in [2.05, 4.69) is 0 Å². The number of nitrogens with zero attached hydrogens (tertiary/aromatic N) is 1. The molecule has 26 heavy (non-hydrogen) atoms. The number of aryl methyl sites for hydroxylation is 2. The van der Waals surface area contributed by atoms with Gasteiger partial charge in [-0.1, -0.05) is 18.2 Å². The van der Waals surface area contributed by atoms with E-state index in [-0.39, 0.29) is 11.4 Å². The van der Waals surface area contributed by atoms with Gasteiger partial charge in [-0.15, -0.1) is 0 Å². The van der Waals surface area contributed by atoms with Crippen LogP contribution in [0.25, 0.3) is 0 Å². The minimum absolute atomic E-state index is 0.152. The van der Waals surface area contributed by atoms with Crippen LogP contribution in [0.15, 0.2) is 35.2 Å². The van der Waals surface area contributed by atoms with Gasteiger partial charge in [-0.3, -0.25) is 9.10 Å². The zero-order valence-corrected chi connectivity index (χ0v) is 16.1. The molecule has 2 aromatic carbocycles. The predicted molar refractivity (Wildman–Crippen MR) is 100.0 cm³/mol. The Kier molecular flexibility index (Phi) is 4.44. The Balaban J connectivity index is 2.24. The summed E-state index contributed by atoms with van der Waals surface area (Å²) in [7, 11) is -3.90. The highest BCUT2D eigenvalue weighted by atomic mass is 32.2. The molecular formula is C19H22N2O4S. The third-order valence-electron chi connectivity index (χ3n) is 4.90. The van der Waals surface area contributed by atoms with E-state index in [4.69, 9.17) is 10.5 Å². The number of hydrogen-bond acceptors (Lipinski definition) is 4. The first-order chi connectivity index (χ1) is 12.1. The van der Waals surface area contributed by atoms with Crippen molar-refractivity contribution in [3.05, 3.63) is 52.6 Å². The SMILES string of the molecule is Cc1cc(C)c(C)c(S(=O)(=O)N2C[C@@H](C(N)=O)Oc3ccccc32)c1C. The van der Waals surface area contributed by atoms with Crippen LogP contribution in [0.5, 0.6) is 5.75 Å². The van der Waals surface area contributed by atoms with Crippen LogP contribution in [-0.4, -0.2) is 27.0 Å². The summed E-state index contributed by atoms with van der Waals surface area (Å²) in [5, 5.41) is 0. The lowest BCUT2D eigenvalue weighted by Crippen LogP contribution is -2.49. The number of nitrogens with two attached hydrogens (primary N) is 1. The molecule has 6 nitrogen and oxygen atoms in total. The number of carbonyl (C=O) groups excluding carboxylic acids is 1. The summed E-state index contributed by atoms with van der Waals surface area (Å²) >= 11 is 0. The Morgan fingerprint density at radius 1 is 1.12 bits per heavy atom. The smallest absolute Gasteiger partial charge is 0.265 e. The third kappa shape index (κ3) is 2.82. The number of ether oxygens (including phenoxy) is 1. The molecule has 0 fully saturated rings. The minimum atomic E-state index is -3.90. The first-order valence-electron chi connectivity index (χ1n) is 8.29. The van der Waals surface area contributed by atoms with E-state index in [1.54, 1.807) is 38.1 Å². The number of para-hydroxylation sites is 2. The average molecular weight is 374 g/mol. The number of fused-ring (bicyclic) bond motifs is 1. The predicted octanol–water partition coefficient (Wildman–Crippen LogP) is 2.36. The number of rotatable bonds is 3. The van der Waals surface area contributed by atoms with E-state index < -0.39 is 22.0 Å². The van der Waals surface area contributed by atoms with Crippen molar-refractivity contribution >= 4 is 21.6 Å². The van der Waals surface area contributed by atoms with Crippen molar-refractivity contribution in [2.75, 3.05) is 10.8 Å². The lowest BCUT2D eigenvalue weighted by atomic mass is 10.0. The monoisotopic (exact) mass is 374 g/mol. The Bertz CT molecular complexity index is 973. The lowest BCUT2D eigenvalue weighted by molar-refractivity contribution is -0.124. The first kappa shape index (κ1) is 18.3. The molecule has 0 aromatic heterocycles. The molecule has 0 aliphatic carbocycles. The fraction of sp³-hybridized carbons (Fsp3) is 0.316. The Hall–Kier alpha value is -2.54. The number of amides is 1. The van der Waals surface area contributed by atoms with Gasteiger partial charge in [-0.05, 0) is 62.1 Å². The third-order valence-corrected chi connectivity index (χ3v) is 6.95. The van der Waals surface area contributed by atoms with Gasteiger partial charge < -0.3 is 10.5 Å². The molecule has 3 rings (SSSR count). The molecule has 1 heterocycles. The molecule has 7 heteroatoms. The standard InChI is InChI=1S/C19H22N2O4S/c1-11-9-12(2)14(4)18(13(11)3)26(23,24)21-10-17(19(20)22)25-16-8-6-5-7-15(16)21/h5-9,17H,10H2,1-4H3,(H2,20,22)/t17-/m0/s1. The number of anilines is 1. The molecule has 1 aliphatic rings. The van der Waals surface area contributed by atoms with Gasteiger partial charge in [0, 0.05) is 0 Å². The highest BCUT2D eigenvalue weighted by Crippen LogP contribution is 2.38. The van der Waals surface area contributed by atoms with E-state index in [1.807, 2.05) is 19.9 Å². The highest BCUT2D eigenvalue weighted by Gasteiger charge is 2.38. The number of primary amides is 1. The normalized spacial score (nSPS) is 16.8. The van der Waals surface area contributed by atoms with Crippen LogP contribution in [0, 0.1) is 27.7 Å². The molecule has 1 aliphatic heterocycles. The fourth-order valence-electron chi connectivity index (χ4n) is 3.26. The van der Waals surface area contributed by atoms with Gasteiger partial charge in [0.25, 0.3) is 15.9 Å². The summed E-state index contributed by atoms with van der Waals surface area (Å²) in [4.78, 5) is 12.0. The quantitative estimate of drug-likeness (QED) is 0.893. The van der Waals surface area contributed by atoms with Crippen LogP contribution in [0.3, 0.4) is 0 Å². The van der Waals surface area contributed by atoms with Crippen molar-refractivity contribution in [1.82, 2.24) is 0 Å². The first-order valence-corrected chi connectivity index (χ1v) is 9.73. The summed E-state index contributed by atoms with van der Waals surface area (Å²) < 4.78 is 34.0. The zero-order valence-electron chi connectivity index (χ0n) is 15.2. The van der Waals surface area contributed by atoms with Gasteiger partial charge >= 0.3 is 0 Å². The van der Waals surface area contributed by atoms with Crippen molar-refractivity contribution in [2.24, 2.45) is 5.73 Å². The molecule has 1 amide bonds. The van der Waals surface area contributed by atoms with Crippen molar-refractivity contribution in [2.45, 2.75) is 38.7 Å². The summed E-state index contributed by atoms with van der Waals surface area (Å²) in [6.45, 7) is 7.22. The molecule has 2 N–H and O–H groups in total. The van der Waals surface area contributed by atoms with Crippen molar-refractivity contribution in [1.29, 1.82) is 0 Å². The van der Waals surface area contributed by atoms with Crippen LogP contribution < -0.4 is 14.8 Å². The molecule has 1 atom stereocenters. The molecular weight excluding hydrogens is 352 g/mol.